The third-order valence-corrected chi connectivity index (χ3v) is 3.60. The lowest BCUT2D eigenvalue weighted by atomic mass is 10.5. The molecule has 0 heterocycles. The Morgan fingerprint density at radius 1 is 1.31 bits per heavy atom. The second kappa shape index (κ2) is 5.95. The molecule has 0 saturated carbocycles. The standard InChI is InChI=1S/C8H16N2O2S/c1-3-6-10(7-5-9)13(11,12)8-4-2/h3-4,6-8H2,1-2H3. The molecule has 13 heavy (non-hydrogen) atoms. The first kappa shape index (κ1) is 12.4. The van der Waals surface area contributed by atoms with E-state index in [1.165, 1.54) is 4.31 Å². The van der Waals surface area contributed by atoms with E-state index in [0.29, 0.717) is 13.0 Å². The van der Waals surface area contributed by atoms with Gasteiger partial charge in [0.15, 0.2) is 0 Å². The molecular weight excluding hydrogens is 188 g/mol. The van der Waals surface area contributed by atoms with E-state index in [9.17, 15) is 8.42 Å². The van der Waals surface area contributed by atoms with Gasteiger partial charge < -0.3 is 0 Å². The highest BCUT2D eigenvalue weighted by atomic mass is 32.2. The fraction of sp³-hybridized carbons (Fsp3) is 0.875. The Kier molecular flexibility index (Phi) is 5.67. The number of hydrogen-bond donors (Lipinski definition) is 0. The van der Waals surface area contributed by atoms with Gasteiger partial charge in [-0.05, 0) is 12.8 Å². The normalized spacial score (nSPS) is 11.5. The van der Waals surface area contributed by atoms with Crippen LogP contribution in [0, 0.1) is 11.3 Å². The Morgan fingerprint density at radius 3 is 2.31 bits per heavy atom. The summed E-state index contributed by atoms with van der Waals surface area (Å²) in [7, 11) is -3.19. The predicted molar refractivity (Wildman–Crippen MR) is 51.6 cm³/mol. The molecule has 0 amide bonds. The van der Waals surface area contributed by atoms with Gasteiger partial charge in [0, 0.05) is 6.54 Å². The van der Waals surface area contributed by atoms with Crippen molar-refractivity contribution >= 4 is 10.0 Å². The van der Waals surface area contributed by atoms with E-state index in [1.807, 2.05) is 19.9 Å². The topological polar surface area (TPSA) is 61.2 Å². The Labute approximate surface area is 80.2 Å². The zero-order valence-electron chi connectivity index (χ0n) is 8.15. The van der Waals surface area contributed by atoms with Crippen LogP contribution in [0.3, 0.4) is 0 Å². The van der Waals surface area contributed by atoms with Crippen LogP contribution in [0.5, 0.6) is 0 Å². The van der Waals surface area contributed by atoms with E-state index < -0.39 is 10.0 Å². The SMILES string of the molecule is CCCN(CC#N)S(=O)(=O)CCC. The molecule has 0 saturated heterocycles. The highest BCUT2D eigenvalue weighted by Crippen LogP contribution is 2.03. The zero-order valence-corrected chi connectivity index (χ0v) is 8.97. The molecule has 0 radical (unpaired) electrons. The van der Waals surface area contributed by atoms with Crippen molar-refractivity contribution in [3.05, 3.63) is 0 Å². The van der Waals surface area contributed by atoms with Gasteiger partial charge >= 0.3 is 0 Å². The molecule has 5 heteroatoms. The summed E-state index contributed by atoms with van der Waals surface area (Å²) in [6.07, 6.45) is 1.33. The van der Waals surface area contributed by atoms with E-state index in [4.69, 9.17) is 5.26 Å². The van der Waals surface area contributed by atoms with Gasteiger partial charge in [0.2, 0.25) is 10.0 Å². The van der Waals surface area contributed by atoms with Crippen molar-refractivity contribution in [2.24, 2.45) is 0 Å². The van der Waals surface area contributed by atoms with Crippen molar-refractivity contribution in [1.29, 1.82) is 5.26 Å². The minimum Gasteiger partial charge on any atom is -0.212 e. The predicted octanol–water partition coefficient (Wildman–Crippen LogP) is 0.962. The van der Waals surface area contributed by atoms with E-state index in [1.54, 1.807) is 0 Å². The Bertz CT molecular complexity index is 266. The molecular formula is C8H16N2O2S. The van der Waals surface area contributed by atoms with Crippen LogP contribution < -0.4 is 0 Å². The second-order valence-electron chi connectivity index (χ2n) is 2.81. The first-order valence-electron chi connectivity index (χ1n) is 4.43. The lowest BCUT2D eigenvalue weighted by Crippen LogP contribution is -2.33. The molecule has 0 aromatic carbocycles. The summed E-state index contributed by atoms with van der Waals surface area (Å²) in [6.45, 7) is 4.12. The third-order valence-electron chi connectivity index (χ3n) is 1.58. The molecule has 0 aromatic heterocycles. The molecule has 0 atom stereocenters. The van der Waals surface area contributed by atoms with Crippen LogP contribution in [-0.2, 0) is 10.0 Å². The maximum Gasteiger partial charge on any atom is 0.215 e. The van der Waals surface area contributed by atoms with Crippen molar-refractivity contribution in [2.45, 2.75) is 26.7 Å². The summed E-state index contributed by atoms with van der Waals surface area (Å²) < 4.78 is 24.2. The molecule has 0 spiro atoms. The van der Waals surface area contributed by atoms with Crippen molar-refractivity contribution in [1.82, 2.24) is 4.31 Å². The van der Waals surface area contributed by atoms with Crippen LogP contribution in [-0.4, -0.2) is 31.6 Å². The maximum absolute atomic E-state index is 11.5. The Balaban J connectivity index is 4.44. The number of sulfonamides is 1. The van der Waals surface area contributed by atoms with Crippen LogP contribution in [0.1, 0.15) is 26.7 Å². The van der Waals surface area contributed by atoms with Crippen LogP contribution in [0.15, 0.2) is 0 Å². The molecule has 0 unspecified atom stereocenters. The third kappa shape index (κ3) is 4.25. The molecule has 0 aromatic rings. The summed E-state index contributed by atoms with van der Waals surface area (Å²) >= 11 is 0. The van der Waals surface area contributed by atoms with Gasteiger partial charge in [-0.3, -0.25) is 0 Å². The van der Waals surface area contributed by atoms with E-state index in [-0.39, 0.29) is 12.3 Å². The number of hydrogen-bond acceptors (Lipinski definition) is 3. The fourth-order valence-electron chi connectivity index (χ4n) is 1.03. The minimum absolute atomic E-state index is 0.0316. The quantitative estimate of drug-likeness (QED) is 0.605. The molecule has 0 N–H and O–H groups in total. The Hall–Kier alpha value is -0.600. The van der Waals surface area contributed by atoms with Gasteiger partial charge in [-0.1, -0.05) is 13.8 Å². The summed E-state index contributed by atoms with van der Waals surface area (Å²) in [5.74, 6) is 0.134. The van der Waals surface area contributed by atoms with Gasteiger partial charge in [-0.25, -0.2) is 8.42 Å². The van der Waals surface area contributed by atoms with Gasteiger partial charge in [-0.15, -0.1) is 0 Å². The molecule has 0 aliphatic carbocycles. The largest absolute Gasteiger partial charge is 0.215 e. The molecule has 0 rings (SSSR count). The minimum atomic E-state index is -3.19. The first-order chi connectivity index (χ1) is 6.08. The molecule has 0 bridgehead atoms. The average molecular weight is 204 g/mol. The van der Waals surface area contributed by atoms with Crippen LogP contribution in [0.4, 0.5) is 0 Å². The summed E-state index contributed by atoms with van der Waals surface area (Å²) in [6, 6.07) is 1.86. The summed E-state index contributed by atoms with van der Waals surface area (Å²) in [5.41, 5.74) is 0. The molecule has 76 valence electrons. The van der Waals surface area contributed by atoms with Crippen LogP contribution in [0.25, 0.3) is 0 Å². The summed E-state index contributed by atoms with van der Waals surface area (Å²) in [4.78, 5) is 0. The van der Waals surface area contributed by atoms with E-state index in [2.05, 4.69) is 0 Å². The smallest absolute Gasteiger partial charge is 0.212 e. The van der Waals surface area contributed by atoms with E-state index >= 15 is 0 Å². The highest BCUT2D eigenvalue weighted by molar-refractivity contribution is 7.89. The highest BCUT2D eigenvalue weighted by Gasteiger charge is 2.19. The average Bonchev–Trinajstić information content (AvgIpc) is 2.04. The zero-order chi connectivity index (χ0) is 10.3. The number of rotatable bonds is 6. The maximum atomic E-state index is 11.5. The molecule has 0 aliphatic heterocycles. The van der Waals surface area contributed by atoms with Crippen molar-refractivity contribution < 1.29 is 8.42 Å². The first-order valence-corrected chi connectivity index (χ1v) is 6.04. The van der Waals surface area contributed by atoms with Crippen LogP contribution in [0.2, 0.25) is 0 Å². The van der Waals surface area contributed by atoms with Crippen LogP contribution >= 0.6 is 0 Å². The van der Waals surface area contributed by atoms with E-state index in [0.717, 1.165) is 6.42 Å². The van der Waals surface area contributed by atoms with Crippen molar-refractivity contribution in [2.75, 3.05) is 18.8 Å². The molecule has 0 aliphatic rings. The molecule has 4 nitrogen and oxygen atoms in total. The number of nitriles is 1. The fourth-order valence-corrected chi connectivity index (χ4v) is 2.52. The van der Waals surface area contributed by atoms with Gasteiger partial charge in [0.1, 0.15) is 6.54 Å². The monoisotopic (exact) mass is 204 g/mol. The summed E-state index contributed by atoms with van der Waals surface area (Å²) in [5, 5.41) is 8.44. The lowest BCUT2D eigenvalue weighted by molar-refractivity contribution is 0.444. The second-order valence-corrected chi connectivity index (χ2v) is 4.90. The van der Waals surface area contributed by atoms with Gasteiger partial charge in [0.05, 0.1) is 11.8 Å². The lowest BCUT2D eigenvalue weighted by Gasteiger charge is -2.17. The van der Waals surface area contributed by atoms with Crippen molar-refractivity contribution in [3.8, 4) is 6.07 Å². The van der Waals surface area contributed by atoms with Gasteiger partial charge in [-0.2, -0.15) is 9.57 Å². The Morgan fingerprint density at radius 2 is 1.92 bits per heavy atom. The molecule has 0 fully saturated rings. The van der Waals surface area contributed by atoms with Crippen molar-refractivity contribution in [3.63, 3.8) is 0 Å². The number of nitrogens with zero attached hydrogens (tertiary/aromatic N) is 2. The van der Waals surface area contributed by atoms with Gasteiger partial charge in [0.25, 0.3) is 0 Å².